The van der Waals surface area contributed by atoms with Crippen LogP contribution in [0.25, 0.3) is 16.8 Å². The van der Waals surface area contributed by atoms with E-state index in [0.29, 0.717) is 16.0 Å². The second-order valence-corrected chi connectivity index (χ2v) is 6.20. The molecule has 0 saturated carbocycles. The summed E-state index contributed by atoms with van der Waals surface area (Å²) in [6.45, 7) is 6.21. The SMILES string of the molecule is Cc1nn2ccc(C(C)C)nc2c1-c1ccc(Cl)cc1Cl. The summed E-state index contributed by atoms with van der Waals surface area (Å²) < 4.78 is 1.79. The quantitative estimate of drug-likeness (QED) is 0.655. The molecule has 3 rings (SSSR count). The van der Waals surface area contributed by atoms with Gasteiger partial charge < -0.3 is 0 Å². The average molecular weight is 320 g/mol. The summed E-state index contributed by atoms with van der Waals surface area (Å²) in [4.78, 5) is 4.74. The standard InChI is InChI=1S/C16H15Cl2N3/c1-9(2)14-6-7-21-16(19-14)15(10(3)20-21)12-5-4-11(17)8-13(12)18/h4-9H,1-3H3. The van der Waals surface area contributed by atoms with Gasteiger partial charge >= 0.3 is 0 Å². The van der Waals surface area contributed by atoms with E-state index < -0.39 is 0 Å². The topological polar surface area (TPSA) is 30.2 Å². The molecule has 0 aliphatic carbocycles. The third kappa shape index (κ3) is 2.52. The third-order valence-electron chi connectivity index (χ3n) is 3.47. The molecule has 0 aliphatic rings. The number of aryl methyl sites for hydroxylation is 1. The van der Waals surface area contributed by atoms with E-state index in [4.69, 9.17) is 28.2 Å². The summed E-state index contributed by atoms with van der Waals surface area (Å²) in [6, 6.07) is 7.49. The van der Waals surface area contributed by atoms with Crippen molar-refractivity contribution in [3.63, 3.8) is 0 Å². The van der Waals surface area contributed by atoms with Gasteiger partial charge in [0.25, 0.3) is 0 Å². The zero-order valence-electron chi connectivity index (χ0n) is 12.1. The van der Waals surface area contributed by atoms with Crippen molar-refractivity contribution in [1.29, 1.82) is 0 Å². The van der Waals surface area contributed by atoms with Gasteiger partial charge in [0.1, 0.15) is 0 Å². The predicted molar refractivity (Wildman–Crippen MR) is 87.3 cm³/mol. The second-order valence-electron chi connectivity index (χ2n) is 5.36. The Labute approximate surface area is 133 Å². The first-order valence-electron chi connectivity index (χ1n) is 6.78. The summed E-state index contributed by atoms with van der Waals surface area (Å²) in [7, 11) is 0. The molecule has 2 aromatic heterocycles. The third-order valence-corrected chi connectivity index (χ3v) is 4.02. The Hall–Kier alpha value is -1.58. The molecule has 1 aromatic carbocycles. The van der Waals surface area contributed by atoms with E-state index in [1.165, 1.54) is 0 Å². The second kappa shape index (κ2) is 5.32. The summed E-state index contributed by atoms with van der Waals surface area (Å²) in [6.07, 6.45) is 1.94. The first-order chi connectivity index (χ1) is 9.97. The van der Waals surface area contributed by atoms with Crippen LogP contribution in [0.1, 0.15) is 31.2 Å². The number of rotatable bonds is 2. The Morgan fingerprint density at radius 2 is 1.90 bits per heavy atom. The summed E-state index contributed by atoms with van der Waals surface area (Å²) in [5, 5.41) is 5.74. The van der Waals surface area contributed by atoms with Gasteiger partial charge in [0, 0.05) is 22.5 Å². The van der Waals surface area contributed by atoms with Crippen molar-refractivity contribution in [1.82, 2.24) is 14.6 Å². The van der Waals surface area contributed by atoms with Crippen LogP contribution in [0.3, 0.4) is 0 Å². The maximum atomic E-state index is 6.35. The lowest BCUT2D eigenvalue weighted by Crippen LogP contribution is -1.97. The molecular formula is C16H15Cl2N3. The van der Waals surface area contributed by atoms with Gasteiger partial charge in [0.15, 0.2) is 5.65 Å². The van der Waals surface area contributed by atoms with Crippen LogP contribution in [0.5, 0.6) is 0 Å². The fourth-order valence-corrected chi connectivity index (χ4v) is 2.89. The maximum Gasteiger partial charge on any atom is 0.163 e. The molecule has 0 bridgehead atoms. The van der Waals surface area contributed by atoms with E-state index in [1.54, 1.807) is 10.6 Å². The van der Waals surface area contributed by atoms with Gasteiger partial charge in [-0.2, -0.15) is 5.10 Å². The van der Waals surface area contributed by atoms with Crippen LogP contribution in [0.2, 0.25) is 10.0 Å². The Bertz CT molecular complexity index is 822. The maximum absolute atomic E-state index is 6.35. The number of halogens is 2. The highest BCUT2D eigenvalue weighted by Crippen LogP contribution is 2.34. The van der Waals surface area contributed by atoms with Crippen LogP contribution in [0, 0.1) is 6.92 Å². The molecule has 21 heavy (non-hydrogen) atoms. The van der Waals surface area contributed by atoms with Crippen molar-refractivity contribution in [2.45, 2.75) is 26.7 Å². The predicted octanol–water partition coefficient (Wildman–Crippen LogP) is 5.13. The van der Waals surface area contributed by atoms with Crippen molar-refractivity contribution in [3.8, 4) is 11.1 Å². The van der Waals surface area contributed by atoms with Gasteiger partial charge in [-0.1, -0.05) is 43.1 Å². The van der Waals surface area contributed by atoms with E-state index in [0.717, 1.165) is 28.2 Å². The number of benzene rings is 1. The molecule has 0 aliphatic heterocycles. The molecule has 2 heterocycles. The minimum absolute atomic E-state index is 0.360. The highest BCUT2D eigenvalue weighted by Gasteiger charge is 2.16. The molecule has 0 amide bonds. The lowest BCUT2D eigenvalue weighted by atomic mass is 10.1. The van der Waals surface area contributed by atoms with Gasteiger partial charge in [-0.15, -0.1) is 0 Å². The van der Waals surface area contributed by atoms with Crippen LogP contribution in [-0.4, -0.2) is 14.6 Å². The molecule has 0 radical (unpaired) electrons. The smallest absolute Gasteiger partial charge is 0.163 e. The normalized spacial score (nSPS) is 11.5. The van der Waals surface area contributed by atoms with Crippen LogP contribution in [-0.2, 0) is 0 Å². The first-order valence-corrected chi connectivity index (χ1v) is 7.54. The minimum atomic E-state index is 0.360. The lowest BCUT2D eigenvalue weighted by molar-refractivity contribution is 0.807. The highest BCUT2D eigenvalue weighted by molar-refractivity contribution is 6.36. The van der Waals surface area contributed by atoms with Crippen molar-refractivity contribution in [3.05, 3.63) is 51.9 Å². The van der Waals surface area contributed by atoms with Gasteiger partial charge in [-0.05, 0) is 31.0 Å². The molecule has 3 aromatic rings. The monoisotopic (exact) mass is 319 g/mol. The zero-order chi connectivity index (χ0) is 15.1. The van der Waals surface area contributed by atoms with Crippen LogP contribution in [0.4, 0.5) is 0 Å². The molecular weight excluding hydrogens is 305 g/mol. The molecule has 0 spiro atoms. The van der Waals surface area contributed by atoms with Crippen molar-refractivity contribution >= 4 is 28.8 Å². The number of fused-ring (bicyclic) bond motifs is 1. The Morgan fingerprint density at radius 3 is 2.57 bits per heavy atom. The van der Waals surface area contributed by atoms with E-state index >= 15 is 0 Å². The number of hydrogen-bond donors (Lipinski definition) is 0. The summed E-state index contributed by atoms with van der Waals surface area (Å²) in [5.41, 5.74) is 4.62. The van der Waals surface area contributed by atoms with E-state index in [1.807, 2.05) is 31.3 Å². The van der Waals surface area contributed by atoms with Crippen molar-refractivity contribution in [2.75, 3.05) is 0 Å². The average Bonchev–Trinajstić information content (AvgIpc) is 2.74. The minimum Gasteiger partial charge on any atom is -0.233 e. The Morgan fingerprint density at radius 1 is 1.14 bits per heavy atom. The Balaban J connectivity index is 2.30. The fourth-order valence-electron chi connectivity index (χ4n) is 2.38. The molecule has 0 unspecified atom stereocenters. The fraction of sp³-hybridized carbons (Fsp3) is 0.250. The summed E-state index contributed by atoms with van der Waals surface area (Å²) >= 11 is 12.3. The number of aromatic nitrogens is 3. The molecule has 5 heteroatoms. The first kappa shape index (κ1) is 14.4. The van der Waals surface area contributed by atoms with Crippen molar-refractivity contribution in [2.24, 2.45) is 0 Å². The van der Waals surface area contributed by atoms with Gasteiger partial charge in [-0.25, -0.2) is 9.50 Å². The Kier molecular flexibility index (Phi) is 3.64. The molecule has 0 N–H and O–H groups in total. The van der Waals surface area contributed by atoms with Crippen LogP contribution >= 0.6 is 23.2 Å². The van der Waals surface area contributed by atoms with Gasteiger partial charge in [0.05, 0.1) is 16.3 Å². The molecule has 3 nitrogen and oxygen atoms in total. The molecule has 0 fully saturated rings. The highest BCUT2D eigenvalue weighted by atomic mass is 35.5. The van der Waals surface area contributed by atoms with E-state index in [2.05, 4.69) is 18.9 Å². The molecule has 108 valence electrons. The zero-order valence-corrected chi connectivity index (χ0v) is 13.6. The largest absolute Gasteiger partial charge is 0.233 e. The van der Waals surface area contributed by atoms with Crippen LogP contribution < -0.4 is 0 Å². The van der Waals surface area contributed by atoms with Gasteiger partial charge in [-0.3, -0.25) is 0 Å². The molecule has 0 atom stereocenters. The number of nitrogens with zero attached hydrogens (tertiary/aromatic N) is 3. The van der Waals surface area contributed by atoms with E-state index in [-0.39, 0.29) is 0 Å². The summed E-state index contributed by atoms with van der Waals surface area (Å²) in [5.74, 6) is 0.360. The van der Waals surface area contributed by atoms with Crippen molar-refractivity contribution < 1.29 is 0 Å². The van der Waals surface area contributed by atoms with Gasteiger partial charge in [0.2, 0.25) is 0 Å². The lowest BCUT2D eigenvalue weighted by Gasteiger charge is -2.07. The molecule has 0 saturated heterocycles. The van der Waals surface area contributed by atoms with E-state index in [9.17, 15) is 0 Å². The van der Waals surface area contributed by atoms with Crippen LogP contribution in [0.15, 0.2) is 30.5 Å². The number of hydrogen-bond acceptors (Lipinski definition) is 2.